The van der Waals surface area contributed by atoms with E-state index in [0.717, 1.165) is 15.7 Å². The first kappa shape index (κ1) is 15.1. The van der Waals surface area contributed by atoms with Gasteiger partial charge in [-0.05, 0) is 61.7 Å². The van der Waals surface area contributed by atoms with Crippen LogP contribution in [0.3, 0.4) is 0 Å². The van der Waals surface area contributed by atoms with Crippen LogP contribution in [0.15, 0.2) is 40.9 Å². The number of rotatable bonds is 3. The Hall–Kier alpha value is -1.32. The smallest absolute Gasteiger partial charge is 0.0419 e. The molecule has 20 heavy (non-hydrogen) atoms. The minimum absolute atomic E-state index is 0.0324. The van der Waals surface area contributed by atoms with Gasteiger partial charge in [0.25, 0.3) is 0 Å². The van der Waals surface area contributed by atoms with Crippen LogP contribution in [0.25, 0.3) is 0 Å². The third kappa shape index (κ3) is 3.22. The van der Waals surface area contributed by atoms with Crippen molar-refractivity contribution in [3.05, 3.63) is 57.6 Å². The fourth-order valence-electron chi connectivity index (χ4n) is 2.39. The molecule has 0 fully saturated rings. The number of halogens is 1. The SMILES string of the molecule is Cc1cc(C)cc(N(C)c2ccc([C@@H](C)N)c(Br)c2)c1. The van der Waals surface area contributed by atoms with Gasteiger partial charge in [-0.1, -0.05) is 28.1 Å². The van der Waals surface area contributed by atoms with Crippen molar-refractivity contribution in [2.45, 2.75) is 26.8 Å². The molecule has 0 aliphatic heterocycles. The Balaban J connectivity index is 2.38. The lowest BCUT2D eigenvalue weighted by atomic mass is 10.1. The number of nitrogens with zero attached hydrogens (tertiary/aromatic N) is 1. The van der Waals surface area contributed by atoms with Crippen LogP contribution < -0.4 is 10.6 Å². The summed E-state index contributed by atoms with van der Waals surface area (Å²) in [5, 5.41) is 0. The first-order valence-corrected chi connectivity index (χ1v) is 7.55. The first-order valence-electron chi connectivity index (χ1n) is 6.75. The van der Waals surface area contributed by atoms with Crippen molar-refractivity contribution in [3.8, 4) is 0 Å². The van der Waals surface area contributed by atoms with Crippen molar-refractivity contribution in [1.29, 1.82) is 0 Å². The predicted octanol–water partition coefficient (Wildman–Crippen LogP) is 4.85. The van der Waals surface area contributed by atoms with Crippen molar-refractivity contribution >= 4 is 27.3 Å². The van der Waals surface area contributed by atoms with Crippen molar-refractivity contribution < 1.29 is 0 Å². The molecule has 3 heteroatoms. The van der Waals surface area contributed by atoms with Gasteiger partial charge in [-0.2, -0.15) is 0 Å². The lowest BCUT2D eigenvalue weighted by Gasteiger charge is -2.22. The van der Waals surface area contributed by atoms with Crippen LogP contribution in [0, 0.1) is 13.8 Å². The quantitative estimate of drug-likeness (QED) is 0.870. The number of hydrogen-bond donors (Lipinski definition) is 1. The van der Waals surface area contributed by atoms with Crippen molar-refractivity contribution in [2.75, 3.05) is 11.9 Å². The van der Waals surface area contributed by atoms with Gasteiger partial charge in [-0.3, -0.25) is 0 Å². The second kappa shape index (κ2) is 5.98. The molecule has 0 aromatic heterocycles. The standard InChI is InChI=1S/C17H21BrN2/c1-11-7-12(2)9-15(8-11)20(4)14-5-6-16(13(3)19)17(18)10-14/h5-10,13H,19H2,1-4H3/t13-/m1/s1. The highest BCUT2D eigenvalue weighted by atomic mass is 79.9. The van der Waals surface area contributed by atoms with Gasteiger partial charge in [0.1, 0.15) is 0 Å². The maximum Gasteiger partial charge on any atom is 0.0419 e. The molecule has 106 valence electrons. The van der Waals surface area contributed by atoms with Crippen LogP contribution in [0.4, 0.5) is 11.4 Å². The molecule has 1 atom stereocenters. The number of aryl methyl sites for hydroxylation is 2. The van der Waals surface area contributed by atoms with E-state index < -0.39 is 0 Å². The van der Waals surface area contributed by atoms with Crippen LogP contribution in [0.2, 0.25) is 0 Å². The number of anilines is 2. The van der Waals surface area contributed by atoms with E-state index in [1.54, 1.807) is 0 Å². The summed E-state index contributed by atoms with van der Waals surface area (Å²) in [5.41, 5.74) is 12.0. The Bertz CT molecular complexity index is 600. The Morgan fingerprint density at radius 3 is 2.10 bits per heavy atom. The molecule has 2 aromatic rings. The second-order valence-electron chi connectivity index (χ2n) is 5.40. The number of nitrogens with two attached hydrogens (primary N) is 1. The van der Waals surface area contributed by atoms with E-state index in [-0.39, 0.29) is 6.04 Å². The molecule has 2 nitrogen and oxygen atoms in total. The maximum atomic E-state index is 5.95. The minimum Gasteiger partial charge on any atom is -0.345 e. The highest BCUT2D eigenvalue weighted by Gasteiger charge is 2.10. The van der Waals surface area contributed by atoms with Gasteiger partial charge in [-0.25, -0.2) is 0 Å². The Morgan fingerprint density at radius 2 is 1.60 bits per heavy atom. The molecule has 0 saturated carbocycles. The molecule has 0 bridgehead atoms. The molecule has 2 N–H and O–H groups in total. The Kier molecular flexibility index (Phi) is 4.51. The van der Waals surface area contributed by atoms with E-state index in [2.05, 4.69) is 78.1 Å². The Labute approximate surface area is 129 Å². The number of benzene rings is 2. The topological polar surface area (TPSA) is 29.3 Å². The summed E-state index contributed by atoms with van der Waals surface area (Å²) in [6.07, 6.45) is 0. The van der Waals surface area contributed by atoms with E-state index in [9.17, 15) is 0 Å². The van der Waals surface area contributed by atoms with Gasteiger partial charge in [0.15, 0.2) is 0 Å². The molecule has 0 spiro atoms. The average molecular weight is 333 g/mol. The normalized spacial score (nSPS) is 12.3. The lowest BCUT2D eigenvalue weighted by Crippen LogP contribution is -2.11. The van der Waals surface area contributed by atoms with Gasteiger partial charge in [0.2, 0.25) is 0 Å². The van der Waals surface area contributed by atoms with Gasteiger partial charge in [0.05, 0.1) is 0 Å². The van der Waals surface area contributed by atoms with Gasteiger partial charge >= 0.3 is 0 Å². The van der Waals surface area contributed by atoms with E-state index >= 15 is 0 Å². The maximum absolute atomic E-state index is 5.95. The summed E-state index contributed by atoms with van der Waals surface area (Å²) < 4.78 is 1.06. The predicted molar refractivity (Wildman–Crippen MR) is 90.7 cm³/mol. The van der Waals surface area contributed by atoms with Crippen LogP contribution in [0.1, 0.15) is 29.7 Å². The lowest BCUT2D eigenvalue weighted by molar-refractivity contribution is 0.813. The van der Waals surface area contributed by atoms with E-state index in [1.165, 1.54) is 16.8 Å². The molecular formula is C17H21BrN2. The highest BCUT2D eigenvalue weighted by Crippen LogP contribution is 2.31. The molecule has 2 aromatic carbocycles. The average Bonchev–Trinajstić information content (AvgIpc) is 2.36. The molecule has 0 saturated heterocycles. The molecule has 2 rings (SSSR count). The highest BCUT2D eigenvalue weighted by molar-refractivity contribution is 9.10. The molecular weight excluding hydrogens is 312 g/mol. The van der Waals surface area contributed by atoms with Crippen molar-refractivity contribution in [2.24, 2.45) is 5.73 Å². The third-order valence-corrected chi connectivity index (χ3v) is 4.14. The molecule has 0 radical (unpaired) electrons. The van der Waals surface area contributed by atoms with E-state index in [1.807, 2.05) is 6.92 Å². The minimum atomic E-state index is 0.0324. The summed E-state index contributed by atoms with van der Waals surface area (Å²) in [5.74, 6) is 0. The fourth-order valence-corrected chi connectivity index (χ4v) is 3.12. The molecule has 0 aliphatic carbocycles. The summed E-state index contributed by atoms with van der Waals surface area (Å²) in [6, 6.07) is 12.9. The second-order valence-corrected chi connectivity index (χ2v) is 6.25. The van der Waals surface area contributed by atoms with Gasteiger partial charge < -0.3 is 10.6 Å². The summed E-state index contributed by atoms with van der Waals surface area (Å²) in [6.45, 7) is 6.24. The zero-order chi connectivity index (χ0) is 14.9. The molecule has 0 heterocycles. The summed E-state index contributed by atoms with van der Waals surface area (Å²) in [4.78, 5) is 2.19. The van der Waals surface area contributed by atoms with Crippen LogP contribution in [-0.2, 0) is 0 Å². The molecule has 0 amide bonds. The summed E-state index contributed by atoms with van der Waals surface area (Å²) in [7, 11) is 2.08. The zero-order valence-corrected chi connectivity index (χ0v) is 14.0. The van der Waals surface area contributed by atoms with Crippen molar-refractivity contribution in [3.63, 3.8) is 0 Å². The monoisotopic (exact) mass is 332 g/mol. The van der Waals surface area contributed by atoms with E-state index in [4.69, 9.17) is 5.73 Å². The van der Waals surface area contributed by atoms with Gasteiger partial charge in [0, 0.05) is 28.9 Å². The van der Waals surface area contributed by atoms with Crippen LogP contribution >= 0.6 is 15.9 Å². The third-order valence-electron chi connectivity index (χ3n) is 3.46. The fraction of sp³-hybridized carbons (Fsp3) is 0.294. The van der Waals surface area contributed by atoms with Gasteiger partial charge in [-0.15, -0.1) is 0 Å². The van der Waals surface area contributed by atoms with E-state index in [0.29, 0.717) is 0 Å². The molecule has 0 aliphatic rings. The van der Waals surface area contributed by atoms with Crippen LogP contribution in [0.5, 0.6) is 0 Å². The molecule has 0 unspecified atom stereocenters. The largest absolute Gasteiger partial charge is 0.345 e. The zero-order valence-electron chi connectivity index (χ0n) is 12.4. The van der Waals surface area contributed by atoms with Crippen LogP contribution in [-0.4, -0.2) is 7.05 Å². The van der Waals surface area contributed by atoms with Crippen molar-refractivity contribution in [1.82, 2.24) is 0 Å². The number of hydrogen-bond acceptors (Lipinski definition) is 2. The Morgan fingerprint density at radius 1 is 1.00 bits per heavy atom. The first-order chi connectivity index (χ1) is 9.38. The summed E-state index contributed by atoms with van der Waals surface area (Å²) >= 11 is 3.61.